The molecule has 0 unspecified atom stereocenters. The molecule has 3 heterocycles. The Morgan fingerprint density at radius 3 is 1.40 bits per heavy atom. The second-order valence-corrected chi connectivity index (χ2v) is 22.4. The lowest BCUT2D eigenvalue weighted by molar-refractivity contribution is 0.0525. The maximum absolute atomic E-state index is 15.8. The van der Waals surface area contributed by atoms with Crippen molar-refractivity contribution in [2.24, 2.45) is 0 Å². The highest BCUT2D eigenvalue weighted by atomic mass is 28.4. The lowest BCUT2D eigenvalue weighted by Crippen LogP contribution is -2.41. The maximum Gasteiger partial charge on any atom is 0.287 e. The first-order valence-corrected chi connectivity index (χ1v) is 24.5. The molecule has 0 amide bonds. The van der Waals surface area contributed by atoms with Gasteiger partial charge in [-0.15, -0.1) is 0 Å². The number of nitrogens with zero attached hydrogens (tertiary/aromatic N) is 5. The Morgan fingerprint density at radius 2 is 0.984 bits per heavy atom. The summed E-state index contributed by atoms with van der Waals surface area (Å²) in [7, 11) is -1.96. The van der Waals surface area contributed by atoms with Crippen molar-refractivity contribution in [3.05, 3.63) is 244 Å². The first-order valence-electron chi connectivity index (χ1n) is 21.6. The summed E-state index contributed by atoms with van der Waals surface area (Å²) in [6.45, 7) is 12.2. The van der Waals surface area contributed by atoms with Crippen LogP contribution in [0, 0.1) is 0 Å². The van der Waals surface area contributed by atoms with Crippen LogP contribution in [-0.2, 0) is 26.8 Å². The fourth-order valence-corrected chi connectivity index (χ4v) is 9.93. The van der Waals surface area contributed by atoms with E-state index in [0.717, 1.165) is 39.1 Å². The van der Waals surface area contributed by atoms with Crippen molar-refractivity contribution in [1.29, 1.82) is 0 Å². The molecule has 63 heavy (non-hydrogen) atoms. The van der Waals surface area contributed by atoms with Gasteiger partial charge in [0, 0.05) is 6.20 Å². The van der Waals surface area contributed by atoms with Crippen LogP contribution in [0.25, 0.3) is 16.9 Å². The molecule has 6 aromatic carbocycles. The van der Waals surface area contributed by atoms with Gasteiger partial charge in [0.25, 0.3) is 5.56 Å². The number of imidazole rings is 2. The zero-order valence-corrected chi connectivity index (χ0v) is 37.6. The van der Waals surface area contributed by atoms with Gasteiger partial charge in [-0.05, 0) is 51.5 Å². The first-order chi connectivity index (χ1) is 30.6. The number of aromatic nitrogens is 5. The van der Waals surface area contributed by atoms with Crippen LogP contribution >= 0.6 is 0 Å². The van der Waals surface area contributed by atoms with Crippen molar-refractivity contribution in [3.8, 4) is 0 Å². The van der Waals surface area contributed by atoms with E-state index in [0.29, 0.717) is 24.6 Å². The van der Waals surface area contributed by atoms with E-state index in [1.807, 2.05) is 45.4 Å². The summed E-state index contributed by atoms with van der Waals surface area (Å²) in [5.74, 6) is 0.453. The third-order valence-corrected chi connectivity index (χ3v) is 17.5. The minimum atomic E-state index is -1.96. The van der Waals surface area contributed by atoms with E-state index >= 15 is 4.79 Å². The van der Waals surface area contributed by atoms with Crippen LogP contribution in [0.5, 0.6) is 0 Å². The second kappa shape index (κ2) is 16.9. The predicted molar refractivity (Wildman–Crippen MR) is 255 cm³/mol. The van der Waals surface area contributed by atoms with Gasteiger partial charge in [0.15, 0.2) is 19.5 Å². The Labute approximate surface area is 370 Å². The molecule has 0 saturated heterocycles. The predicted octanol–water partition coefficient (Wildman–Crippen LogP) is 11.1. The number of hydrogen-bond acceptors (Lipinski definition) is 5. The molecule has 9 aromatic rings. The van der Waals surface area contributed by atoms with Crippen molar-refractivity contribution in [2.75, 3.05) is 13.2 Å². The summed E-state index contributed by atoms with van der Waals surface area (Å²) in [6.07, 6.45) is 3.83. The van der Waals surface area contributed by atoms with Gasteiger partial charge in [-0.2, -0.15) is 4.98 Å². The van der Waals surface area contributed by atoms with E-state index in [-0.39, 0.29) is 22.8 Å². The van der Waals surface area contributed by atoms with Crippen molar-refractivity contribution >= 4 is 25.3 Å². The normalized spacial score (nSPS) is 12.6. The average Bonchev–Trinajstić information content (AvgIpc) is 3.91. The standard InChI is InChI=1S/C54H53N5O3Si/c1-52(2,3)63(4,5)62-37-36-61-40-57-39-55-48-49(57)56-51-58(54(44-30-18-9-19-31-44,45-32-20-10-21-33-45)46-34-22-11-23-35-46)38-47(59(51)50(48)60)53(41-24-12-6-13-25-41,42-26-14-7-15-27-42)43-28-16-8-17-29-43/h6-35,38-39H,36-37,40H2,1-5H3. The smallest absolute Gasteiger partial charge is 0.287 e. The molecule has 8 nitrogen and oxygen atoms in total. The Morgan fingerprint density at radius 1 is 0.571 bits per heavy atom. The summed E-state index contributed by atoms with van der Waals surface area (Å²) in [5.41, 5.74) is 5.12. The summed E-state index contributed by atoms with van der Waals surface area (Å²) < 4.78 is 18.5. The topological polar surface area (TPSA) is 75.6 Å². The van der Waals surface area contributed by atoms with Gasteiger partial charge < -0.3 is 9.16 Å². The Hall–Kier alpha value is -6.65. The number of hydrogen-bond donors (Lipinski definition) is 0. The van der Waals surface area contributed by atoms with E-state index in [9.17, 15) is 0 Å². The minimum absolute atomic E-state index is 0.0897. The van der Waals surface area contributed by atoms with E-state index < -0.39 is 19.3 Å². The Balaban J connectivity index is 1.39. The molecular weight excluding hydrogens is 795 g/mol. The van der Waals surface area contributed by atoms with Gasteiger partial charge in [0.2, 0.25) is 5.78 Å². The molecule has 0 spiro atoms. The molecule has 0 atom stereocenters. The lowest BCUT2D eigenvalue weighted by Gasteiger charge is -2.38. The molecule has 0 fully saturated rings. The minimum Gasteiger partial charge on any atom is -0.414 e. The molecule has 0 aliphatic heterocycles. The summed E-state index contributed by atoms with van der Waals surface area (Å²) in [5, 5.41) is 0.0897. The molecule has 0 saturated carbocycles. The van der Waals surface area contributed by atoms with Crippen molar-refractivity contribution in [3.63, 3.8) is 0 Å². The van der Waals surface area contributed by atoms with Gasteiger partial charge in [-0.25, -0.2) is 9.38 Å². The van der Waals surface area contributed by atoms with Crippen LogP contribution < -0.4 is 5.56 Å². The SMILES string of the molecule is CC(C)(C)[Si](C)(C)OCCOCn1cnc2c(=O)n3c(C(c4ccccc4)(c4ccccc4)c4ccccc4)cn(C(c4ccccc4)(c4ccccc4)c4ccccc4)c3nc21. The average molecular weight is 848 g/mol. The number of ether oxygens (including phenoxy) is 1. The van der Waals surface area contributed by atoms with Gasteiger partial charge in [0.1, 0.15) is 12.3 Å². The number of rotatable bonds is 14. The highest BCUT2D eigenvalue weighted by Crippen LogP contribution is 2.48. The number of benzene rings is 6. The molecule has 0 bridgehead atoms. The zero-order chi connectivity index (χ0) is 43.7. The van der Waals surface area contributed by atoms with Gasteiger partial charge in [-0.1, -0.05) is 203 Å². The zero-order valence-electron chi connectivity index (χ0n) is 36.6. The Kier molecular flexibility index (Phi) is 11.2. The van der Waals surface area contributed by atoms with Crippen molar-refractivity contribution < 1.29 is 9.16 Å². The maximum atomic E-state index is 15.8. The largest absolute Gasteiger partial charge is 0.414 e. The highest BCUT2D eigenvalue weighted by molar-refractivity contribution is 6.74. The van der Waals surface area contributed by atoms with Gasteiger partial charge in [0.05, 0.1) is 30.7 Å². The lowest BCUT2D eigenvalue weighted by atomic mass is 9.67. The van der Waals surface area contributed by atoms with Crippen molar-refractivity contribution in [2.45, 2.75) is 56.6 Å². The van der Waals surface area contributed by atoms with Crippen molar-refractivity contribution in [1.82, 2.24) is 23.5 Å². The van der Waals surface area contributed by atoms with E-state index in [1.165, 1.54) is 0 Å². The second-order valence-electron chi connectivity index (χ2n) is 17.6. The van der Waals surface area contributed by atoms with Crippen LogP contribution in [0.4, 0.5) is 0 Å². The molecule has 0 N–H and O–H groups in total. The molecular formula is C54H53N5O3Si. The molecule has 0 radical (unpaired) electrons. The molecule has 9 heteroatoms. The van der Waals surface area contributed by atoms with Gasteiger partial charge in [-0.3, -0.25) is 13.9 Å². The van der Waals surface area contributed by atoms with E-state index in [1.54, 1.807) is 6.33 Å². The third kappa shape index (κ3) is 7.16. The summed E-state index contributed by atoms with van der Waals surface area (Å²) in [6, 6.07) is 62.9. The van der Waals surface area contributed by atoms with Crippen LogP contribution in [0.3, 0.4) is 0 Å². The number of fused-ring (bicyclic) bond motifs is 2. The fraction of sp³-hybridized carbons (Fsp3) is 0.204. The monoisotopic (exact) mass is 847 g/mol. The Bertz CT molecular complexity index is 2810. The molecule has 316 valence electrons. The highest BCUT2D eigenvalue weighted by Gasteiger charge is 2.46. The van der Waals surface area contributed by atoms with E-state index in [4.69, 9.17) is 19.1 Å². The third-order valence-electron chi connectivity index (χ3n) is 13.0. The van der Waals surface area contributed by atoms with E-state index in [2.05, 4.69) is 190 Å². The van der Waals surface area contributed by atoms with Gasteiger partial charge >= 0.3 is 0 Å². The molecule has 3 aromatic heterocycles. The van der Waals surface area contributed by atoms with Crippen LogP contribution in [0.2, 0.25) is 18.1 Å². The first kappa shape index (κ1) is 41.7. The molecule has 9 rings (SSSR count). The molecule has 0 aliphatic carbocycles. The quantitative estimate of drug-likeness (QED) is 0.0619. The summed E-state index contributed by atoms with van der Waals surface area (Å²) in [4.78, 5) is 26.1. The molecule has 0 aliphatic rings. The van der Waals surface area contributed by atoms with Crippen LogP contribution in [0.15, 0.2) is 199 Å². The van der Waals surface area contributed by atoms with Crippen LogP contribution in [0.1, 0.15) is 59.8 Å². The summed E-state index contributed by atoms with van der Waals surface area (Å²) >= 11 is 0. The van der Waals surface area contributed by atoms with Crippen LogP contribution in [-0.4, -0.2) is 45.0 Å². The fourth-order valence-electron chi connectivity index (χ4n) is 8.91.